The van der Waals surface area contributed by atoms with Crippen molar-refractivity contribution in [2.75, 3.05) is 11.4 Å². The minimum absolute atomic E-state index is 0.0398. The average Bonchev–Trinajstić information content (AvgIpc) is 3.19. The fraction of sp³-hybridized carbons (Fsp3) is 0.400. The van der Waals surface area contributed by atoms with Crippen LogP contribution in [0.2, 0.25) is 0 Å². The van der Waals surface area contributed by atoms with Gasteiger partial charge < -0.3 is 10.2 Å². The van der Waals surface area contributed by atoms with Gasteiger partial charge in [0.2, 0.25) is 5.91 Å². The number of hydrogen-bond acceptors (Lipinski definition) is 3. The van der Waals surface area contributed by atoms with Crippen molar-refractivity contribution in [1.29, 1.82) is 0 Å². The summed E-state index contributed by atoms with van der Waals surface area (Å²) in [7, 11) is 0. The lowest BCUT2D eigenvalue weighted by Crippen LogP contribution is -2.36. The van der Waals surface area contributed by atoms with Gasteiger partial charge >= 0.3 is 0 Å². The number of thiophene rings is 1. The number of anilines is 1. The van der Waals surface area contributed by atoms with Gasteiger partial charge in [-0.25, -0.2) is 0 Å². The Labute approximate surface area is 152 Å². The van der Waals surface area contributed by atoms with E-state index in [-0.39, 0.29) is 23.3 Å². The summed E-state index contributed by atoms with van der Waals surface area (Å²) in [5, 5.41) is 5.23. The van der Waals surface area contributed by atoms with E-state index >= 15 is 0 Å². The predicted octanol–water partition coefficient (Wildman–Crippen LogP) is 4.17. The fourth-order valence-electron chi connectivity index (χ4n) is 3.25. The molecule has 0 saturated heterocycles. The van der Waals surface area contributed by atoms with E-state index in [2.05, 4.69) is 32.2 Å². The van der Waals surface area contributed by atoms with Crippen LogP contribution in [0.5, 0.6) is 0 Å². The molecule has 3 rings (SSSR count). The van der Waals surface area contributed by atoms with Crippen molar-refractivity contribution in [1.82, 2.24) is 5.32 Å². The molecule has 25 heavy (non-hydrogen) atoms. The third-order valence-electron chi connectivity index (χ3n) is 4.59. The Balaban J connectivity index is 1.83. The quantitative estimate of drug-likeness (QED) is 0.897. The number of fused-ring (bicyclic) bond motifs is 1. The molecule has 0 unspecified atom stereocenters. The van der Waals surface area contributed by atoms with Gasteiger partial charge in [0.1, 0.15) is 0 Å². The summed E-state index contributed by atoms with van der Waals surface area (Å²) in [4.78, 5) is 27.4. The van der Waals surface area contributed by atoms with Gasteiger partial charge in [0.05, 0.1) is 6.04 Å². The molecule has 0 fully saturated rings. The van der Waals surface area contributed by atoms with Gasteiger partial charge in [0.15, 0.2) is 0 Å². The summed E-state index contributed by atoms with van der Waals surface area (Å²) in [6.45, 7) is 8.65. The lowest BCUT2D eigenvalue weighted by atomic mass is 9.85. The molecule has 1 aromatic heterocycles. The molecule has 1 atom stereocenters. The van der Waals surface area contributed by atoms with Gasteiger partial charge in [0, 0.05) is 29.6 Å². The van der Waals surface area contributed by atoms with Crippen LogP contribution >= 0.6 is 11.3 Å². The first-order chi connectivity index (χ1) is 11.8. The van der Waals surface area contributed by atoms with E-state index in [0.717, 1.165) is 22.5 Å². The molecule has 2 heterocycles. The van der Waals surface area contributed by atoms with Gasteiger partial charge in [-0.3, -0.25) is 9.59 Å². The summed E-state index contributed by atoms with van der Waals surface area (Å²) < 4.78 is 0. The number of nitrogens with one attached hydrogen (secondary N) is 1. The topological polar surface area (TPSA) is 49.4 Å². The smallest absolute Gasteiger partial charge is 0.251 e. The number of carbonyl (C=O) groups excluding carboxylic acids is 2. The maximum Gasteiger partial charge on any atom is 0.251 e. The Bertz CT molecular complexity index is 791. The first-order valence-electron chi connectivity index (χ1n) is 8.52. The molecule has 1 aliphatic heterocycles. The van der Waals surface area contributed by atoms with Gasteiger partial charge in [-0.05, 0) is 47.0 Å². The molecule has 5 heteroatoms. The number of benzene rings is 1. The van der Waals surface area contributed by atoms with Gasteiger partial charge in [-0.2, -0.15) is 0 Å². The number of nitrogens with zero attached hydrogens (tertiary/aromatic N) is 1. The molecule has 0 aliphatic carbocycles. The monoisotopic (exact) mass is 356 g/mol. The largest absolute Gasteiger partial charge is 0.344 e. The molecule has 0 saturated carbocycles. The number of rotatable bonds is 3. The summed E-state index contributed by atoms with van der Waals surface area (Å²) in [5.41, 5.74) is 2.55. The lowest BCUT2D eigenvalue weighted by Gasteiger charge is -2.31. The zero-order valence-corrected chi connectivity index (χ0v) is 15.9. The van der Waals surface area contributed by atoms with Crippen LogP contribution in [0.3, 0.4) is 0 Å². The van der Waals surface area contributed by atoms with Crippen molar-refractivity contribution in [3.63, 3.8) is 0 Å². The minimum atomic E-state index is -0.0807. The number of hydrogen-bond donors (Lipinski definition) is 1. The second-order valence-electron chi connectivity index (χ2n) is 7.55. The highest BCUT2D eigenvalue weighted by Gasteiger charge is 2.29. The Kier molecular flexibility index (Phi) is 4.69. The van der Waals surface area contributed by atoms with Crippen molar-refractivity contribution < 1.29 is 9.59 Å². The first kappa shape index (κ1) is 17.7. The highest BCUT2D eigenvalue weighted by atomic mass is 32.1. The Morgan fingerprint density at radius 1 is 1.24 bits per heavy atom. The third kappa shape index (κ3) is 3.61. The normalized spacial score (nSPS) is 15.0. The van der Waals surface area contributed by atoms with Crippen LogP contribution in [-0.2, 0) is 11.2 Å². The Morgan fingerprint density at radius 3 is 2.60 bits per heavy atom. The van der Waals surface area contributed by atoms with E-state index in [1.54, 1.807) is 23.2 Å². The second-order valence-corrected chi connectivity index (χ2v) is 8.53. The van der Waals surface area contributed by atoms with Crippen molar-refractivity contribution in [3.05, 3.63) is 51.7 Å². The molecule has 0 bridgehead atoms. The maximum absolute atomic E-state index is 12.8. The van der Waals surface area contributed by atoms with E-state index in [9.17, 15) is 9.59 Å². The van der Waals surface area contributed by atoms with E-state index in [4.69, 9.17) is 0 Å². The second kappa shape index (κ2) is 6.64. The van der Waals surface area contributed by atoms with Crippen LogP contribution in [-0.4, -0.2) is 18.4 Å². The highest BCUT2D eigenvalue weighted by Crippen LogP contribution is 2.35. The van der Waals surface area contributed by atoms with E-state index < -0.39 is 0 Å². The van der Waals surface area contributed by atoms with Crippen molar-refractivity contribution >= 4 is 28.8 Å². The van der Waals surface area contributed by atoms with Gasteiger partial charge in [0.25, 0.3) is 5.91 Å². The Morgan fingerprint density at radius 2 is 2.00 bits per heavy atom. The summed E-state index contributed by atoms with van der Waals surface area (Å²) in [6, 6.07) is 9.65. The van der Waals surface area contributed by atoms with Crippen molar-refractivity contribution in [2.45, 2.75) is 40.2 Å². The fourth-order valence-corrected chi connectivity index (χ4v) is 4.27. The summed E-state index contributed by atoms with van der Waals surface area (Å²) in [5.74, 6) is -0.0288. The molecular formula is C20H24N2O2S. The lowest BCUT2D eigenvalue weighted by molar-refractivity contribution is -0.116. The van der Waals surface area contributed by atoms with Crippen LogP contribution in [0.15, 0.2) is 35.7 Å². The molecule has 2 aromatic rings. The number of amides is 2. The zero-order valence-electron chi connectivity index (χ0n) is 15.1. The SMILES string of the molecule is CC(=O)N1CCc2cc(C(=O)N[C@H](c3cccs3)C(C)(C)C)ccc21. The standard InChI is InChI=1S/C20H24N2O2S/c1-13(23)22-10-9-14-12-15(7-8-16(14)22)19(24)21-18(20(2,3)4)17-6-5-11-25-17/h5-8,11-12,18H,9-10H2,1-4H3,(H,21,24)/t18-/m1/s1. The number of carbonyl (C=O) groups is 2. The van der Waals surface area contributed by atoms with Crippen LogP contribution in [0.4, 0.5) is 5.69 Å². The van der Waals surface area contributed by atoms with E-state index in [0.29, 0.717) is 12.1 Å². The van der Waals surface area contributed by atoms with Gasteiger partial charge in [-0.1, -0.05) is 26.8 Å². The maximum atomic E-state index is 12.8. The molecule has 2 amide bonds. The summed E-state index contributed by atoms with van der Waals surface area (Å²) in [6.07, 6.45) is 0.795. The molecule has 132 valence electrons. The van der Waals surface area contributed by atoms with Crippen molar-refractivity contribution in [2.24, 2.45) is 5.41 Å². The molecule has 1 aliphatic rings. The minimum Gasteiger partial charge on any atom is -0.344 e. The van der Waals surface area contributed by atoms with Crippen LogP contribution < -0.4 is 10.2 Å². The third-order valence-corrected chi connectivity index (χ3v) is 5.52. The van der Waals surface area contributed by atoms with Crippen LogP contribution in [0, 0.1) is 5.41 Å². The van der Waals surface area contributed by atoms with E-state index in [1.807, 2.05) is 29.6 Å². The molecule has 1 aromatic carbocycles. The zero-order chi connectivity index (χ0) is 18.2. The summed E-state index contributed by atoms with van der Waals surface area (Å²) >= 11 is 1.66. The predicted molar refractivity (Wildman–Crippen MR) is 102 cm³/mol. The van der Waals surface area contributed by atoms with Crippen molar-refractivity contribution in [3.8, 4) is 0 Å². The molecular weight excluding hydrogens is 332 g/mol. The van der Waals surface area contributed by atoms with Crippen LogP contribution in [0.1, 0.15) is 54.5 Å². The molecule has 4 nitrogen and oxygen atoms in total. The molecule has 0 radical (unpaired) electrons. The van der Waals surface area contributed by atoms with Crippen LogP contribution in [0.25, 0.3) is 0 Å². The Hall–Kier alpha value is -2.14. The van der Waals surface area contributed by atoms with E-state index in [1.165, 1.54) is 0 Å². The molecule has 0 spiro atoms. The average molecular weight is 356 g/mol. The molecule has 1 N–H and O–H groups in total. The highest BCUT2D eigenvalue weighted by molar-refractivity contribution is 7.10. The van der Waals surface area contributed by atoms with Gasteiger partial charge in [-0.15, -0.1) is 11.3 Å². The first-order valence-corrected chi connectivity index (χ1v) is 9.40.